The van der Waals surface area contributed by atoms with Gasteiger partial charge >= 0.3 is 0 Å². The number of hydrogen-bond acceptors (Lipinski definition) is 3. The van der Waals surface area contributed by atoms with Gasteiger partial charge in [-0.3, -0.25) is 9.78 Å². The van der Waals surface area contributed by atoms with E-state index in [1.54, 1.807) is 6.20 Å². The third kappa shape index (κ3) is 3.27. The molecule has 1 aliphatic carbocycles. The van der Waals surface area contributed by atoms with Gasteiger partial charge in [0.05, 0.1) is 5.92 Å². The lowest BCUT2D eigenvalue weighted by atomic mass is 10.0. The maximum absolute atomic E-state index is 11.8. The number of pyridine rings is 1. The number of nitrogens with zero attached hydrogens (tertiary/aromatic N) is 1. The van der Waals surface area contributed by atoms with Crippen LogP contribution in [0.15, 0.2) is 24.4 Å². The third-order valence-corrected chi connectivity index (χ3v) is 3.31. The van der Waals surface area contributed by atoms with E-state index in [0.29, 0.717) is 6.54 Å². The van der Waals surface area contributed by atoms with E-state index in [-0.39, 0.29) is 17.9 Å². The first-order valence-electron chi connectivity index (χ1n) is 6.20. The Morgan fingerprint density at radius 3 is 3.00 bits per heavy atom. The van der Waals surface area contributed by atoms with Gasteiger partial charge in [0.1, 0.15) is 0 Å². The van der Waals surface area contributed by atoms with Crippen LogP contribution in [0.5, 0.6) is 0 Å². The number of carbonyl (C=O) groups excluding carboxylic acids is 1. The third-order valence-electron chi connectivity index (χ3n) is 3.31. The average molecular weight is 233 g/mol. The van der Waals surface area contributed by atoms with E-state index in [4.69, 9.17) is 5.73 Å². The van der Waals surface area contributed by atoms with Crippen LogP contribution in [-0.2, 0) is 11.2 Å². The number of aromatic nitrogens is 1. The first-order chi connectivity index (χ1) is 8.27. The predicted molar refractivity (Wildman–Crippen MR) is 66.3 cm³/mol. The number of rotatable bonds is 4. The predicted octanol–water partition coefficient (Wildman–Crippen LogP) is 0.868. The summed E-state index contributed by atoms with van der Waals surface area (Å²) in [7, 11) is 0. The fourth-order valence-corrected chi connectivity index (χ4v) is 2.31. The molecule has 0 aliphatic heterocycles. The fraction of sp³-hybridized carbons (Fsp3) is 0.538. The molecule has 3 N–H and O–H groups in total. The van der Waals surface area contributed by atoms with Crippen molar-refractivity contribution in [2.24, 2.45) is 11.7 Å². The van der Waals surface area contributed by atoms with Gasteiger partial charge in [-0.05, 0) is 25.0 Å². The van der Waals surface area contributed by atoms with Gasteiger partial charge < -0.3 is 11.1 Å². The molecule has 1 saturated carbocycles. The molecule has 17 heavy (non-hydrogen) atoms. The largest absolute Gasteiger partial charge is 0.355 e. The summed E-state index contributed by atoms with van der Waals surface area (Å²) in [6.07, 6.45) is 5.51. The van der Waals surface area contributed by atoms with Crippen LogP contribution in [0, 0.1) is 5.92 Å². The molecule has 1 amide bonds. The molecule has 2 rings (SSSR count). The molecule has 0 radical (unpaired) electrons. The second-order valence-electron chi connectivity index (χ2n) is 4.56. The summed E-state index contributed by atoms with van der Waals surface area (Å²) in [6.45, 7) is 0.638. The van der Waals surface area contributed by atoms with Crippen LogP contribution >= 0.6 is 0 Å². The van der Waals surface area contributed by atoms with Crippen LogP contribution in [0.2, 0.25) is 0 Å². The Balaban J connectivity index is 1.73. The Kier molecular flexibility index (Phi) is 4.09. The first-order valence-corrected chi connectivity index (χ1v) is 6.20. The lowest BCUT2D eigenvalue weighted by molar-refractivity contribution is -0.125. The Morgan fingerprint density at radius 2 is 2.35 bits per heavy atom. The highest BCUT2D eigenvalue weighted by atomic mass is 16.1. The van der Waals surface area contributed by atoms with Gasteiger partial charge in [-0.15, -0.1) is 0 Å². The first kappa shape index (κ1) is 12.0. The van der Waals surface area contributed by atoms with Crippen molar-refractivity contribution in [1.29, 1.82) is 0 Å². The number of hydrogen-bond donors (Lipinski definition) is 2. The second-order valence-corrected chi connectivity index (χ2v) is 4.56. The molecule has 92 valence electrons. The summed E-state index contributed by atoms with van der Waals surface area (Å²) in [4.78, 5) is 16.0. The maximum atomic E-state index is 11.8. The zero-order valence-corrected chi connectivity index (χ0v) is 9.93. The minimum absolute atomic E-state index is 0.0127. The van der Waals surface area contributed by atoms with Crippen LogP contribution in [0.4, 0.5) is 0 Å². The number of amides is 1. The van der Waals surface area contributed by atoms with Gasteiger partial charge in [-0.2, -0.15) is 0 Å². The monoisotopic (exact) mass is 233 g/mol. The summed E-state index contributed by atoms with van der Waals surface area (Å²) in [6, 6.07) is 5.86. The smallest absolute Gasteiger partial charge is 0.224 e. The standard InChI is InChI=1S/C13H19N3O/c14-12-6-3-5-11(12)13(17)16-9-7-10-4-1-2-8-15-10/h1-2,4,8,11-12H,3,5-7,9,14H2,(H,16,17). The summed E-state index contributed by atoms with van der Waals surface area (Å²) in [5.41, 5.74) is 6.89. The van der Waals surface area contributed by atoms with Crippen LogP contribution < -0.4 is 11.1 Å². The van der Waals surface area contributed by atoms with Crippen molar-refractivity contribution < 1.29 is 4.79 Å². The summed E-state index contributed by atoms with van der Waals surface area (Å²) in [5.74, 6) is 0.115. The quantitative estimate of drug-likeness (QED) is 0.810. The van der Waals surface area contributed by atoms with Crippen molar-refractivity contribution in [1.82, 2.24) is 10.3 Å². The summed E-state index contributed by atoms with van der Waals surface area (Å²) in [5, 5.41) is 2.94. The highest BCUT2D eigenvalue weighted by Crippen LogP contribution is 2.23. The number of carbonyl (C=O) groups is 1. The van der Waals surface area contributed by atoms with Gasteiger partial charge in [0, 0.05) is 30.9 Å². The Morgan fingerprint density at radius 1 is 1.47 bits per heavy atom. The van der Waals surface area contributed by atoms with E-state index < -0.39 is 0 Å². The topological polar surface area (TPSA) is 68.0 Å². The Hall–Kier alpha value is -1.42. The highest BCUT2D eigenvalue weighted by molar-refractivity contribution is 5.79. The molecule has 1 aliphatic rings. The normalized spacial score (nSPS) is 23.6. The van der Waals surface area contributed by atoms with Crippen LogP contribution in [0.1, 0.15) is 25.0 Å². The van der Waals surface area contributed by atoms with Gasteiger partial charge in [0.2, 0.25) is 5.91 Å². The second kappa shape index (κ2) is 5.77. The molecule has 0 saturated heterocycles. The molecule has 4 heteroatoms. The molecule has 4 nitrogen and oxygen atoms in total. The van der Waals surface area contributed by atoms with E-state index in [0.717, 1.165) is 31.4 Å². The van der Waals surface area contributed by atoms with E-state index in [9.17, 15) is 4.79 Å². The summed E-state index contributed by atoms with van der Waals surface area (Å²) >= 11 is 0. The van der Waals surface area contributed by atoms with Gasteiger partial charge in [-0.25, -0.2) is 0 Å². The van der Waals surface area contributed by atoms with Crippen LogP contribution in [0.3, 0.4) is 0 Å². The van der Waals surface area contributed by atoms with Crippen LogP contribution in [0.25, 0.3) is 0 Å². The molecule has 2 unspecified atom stereocenters. The lowest BCUT2D eigenvalue weighted by Gasteiger charge is -2.14. The van der Waals surface area contributed by atoms with Crippen molar-refractivity contribution in [3.63, 3.8) is 0 Å². The maximum Gasteiger partial charge on any atom is 0.224 e. The Bertz CT molecular complexity index is 366. The van der Waals surface area contributed by atoms with E-state index >= 15 is 0 Å². The zero-order valence-electron chi connectivity index (χ0n) is 9.93. The fourth-order valence-electron chi connectivity index (χ4n) is 2.31. The van der Waals surface area contributed by atoms with Crippen molar-refractivity contribution >= 4 is 5.91 Å². The van der Waals surface area contributed by atoms with Gasteiger partial charge in [0.15, 0.2) is 0 Å². The molecule has 1 heterocycles. The molecular weight excluding hydrogens is 214 g/mol. The molecule has 0 bridgehead atoms. The van der Waals surface area contributed by atoms with Gasteiger partial charge in [0.25, 0.3) is 0 Å². The van der Waals surface area contributed by atoms with Crippen molar-refractivity contribution in [2.75, 3.05) is 6.54 Å². The minimum Gasteiger partial charge on any atom is -0.355 e. The lowest BCUT2D eigenvalue weighted by Crippen LogP contribution is -2.39. The van der Waals surface area contributed by atoms with Crippen LogP contribution in [-0.4, -0.2) is 23.5 Å². The molecule has 1 aromatic heterocycles. The minimum atomic E-state index is 0.0127. The molecule has 0 spiro atoms. The molecular formula is C13H19N3O. The molecule has 2 atom stereocenters. The highest BCUT2D eigenvalue weighted by Gasteiger charge is 2.29. The van der Waals surface area contributed by atoms with Crippen molar-refractivity contribution in [3.8, 4) is 0 Å². The number of nitrogens with one attached hydrogen (secondary N) is 1. The Labute approximate surface area is 102 Å². The van der Waals surface area contributed by atoms with Crippen molar-refractivity contribution in [3.05, 3.63) is 30.1 Å². The van der Waals surface area contributed by atoms with E-state index in [1.165, 1.54) is 0 Å². The molecule has 1 fully saturated rings. The summed E-state index contributed by atoms with van der Waals surface area (Å²) < 4.78 is 0. The van der Waals surface area contributed by atoms with Gasteiger partial charge in [-0.1, -0.05) is 12.5 Å². The number of nitrogens with two attached hydrogens (primary N) is 1. The van der Waals surface area contributed by atoms with E-state index in [2.05, 4.69) is 10.3 Å². The average Bonchev–Trinajstić information content (AvgIpc) is 2.77. The zero-order chi connectivity index (χ0) is 12.1. The molecule has 1 aromatic rings. The van der Waals surface area contributed by atoms with Crippen molar-refractivity contribution in [2.45, 2.75) is 31.7 Å². The van der Waals surface area contributed by atoms with E-state index in [1.807, 2.05) is 18.2 Å². The molecule has 0 aromatic carbocycles. The SMILES string of the molecule is NC1CCCC1C(=O)NCCc1ccccn1.